The maximum absolute atomic E-state index is 8.82. The Morgan fingerprint density at radius 1 is 1.19 bits per heavy atom. The van der Waals surface area contributed by atoms with Crippen LogP contribution in [-0.2, 0) is 6.54 Å². The van der Waals surface area contributed by atoms with Gasteiger partial charge in [0.05, 0.1) is 21.8 Å². The molecule has 0 spiro atoms. The zero-order valence-corrected chi connectivity index (χ0v) is 12.5. The summed E-state index contributed by atoms with van der Waals surface area (Å²) in [6, 6.07) is 18.2. The second-order valence-electron chi connectivity index (χ2n) is 4.91. The summed E-state index contributed by atoms with van der Waals surface area (Å²) in [6.45, 7) is 2.87. The van der Waals surface area contributed by atoms with Crippen LogP contribution in [0, 0.1) is 11.3 Å². The third-order valence-corrected chi connectivity index (χ3v) is 4.47. The number of rotatable bonds is 4. The van der Waals surface area contributed by atoms with Gasteiger partial charge in [-0.25, -0.2) is 4.98 Å². The number of fused-ring (bicyclic) bond motifs is 1. The van der Waals surface area contributed by atoms with Gasteiger partial charge in [0.25, 0.3) is 0 Å². The van der Waals surface area contributed by atoms with Gasteiger partial charge >= 0.3 is 0 Å². The fourth-order valence-corrected chi connectivity index (χ4v) is 3.12. The molecular formula is C17H15N3S. The first-order chi connectivity index (χ1) is 10.3. The molecular weight excluding hydrogens is 278 g/mol. The van der Waals surface area contributed by atoms with E-state index in [1.807, 2.05) is 42.5 Å². The number of benzene rings is 2. The van der Waals surface area contributed by atoms with Crippen LogP contribution in [0.1, 0.15) is 29.1 Å². The summed E-state index contributed by atoms with van der Waals surface area (Å²) < 4.78 is 1.22. The van der Waals surface area contributed by atoms with Crippen molar-refractivity contribution in [3.63, 3.8) is 0 Å². The van der Waals surface area contributed by atoms with Crippen molar-refractivity contribution in [1.29, 1.82) is 5.26 Å². The molecule has 0 aliphatic heterocycles. The Morgan fingerprint density at radius 2 is 1.95 bits per heavy atom. The van der Waals surface area contributed by atoms with Crippen molar-refractivity contribution in [3.8, 4) is 6.07 Å². The van der Waals surface area contributed by atoms with Crippen LogP contribution in [0.4, 0.5) is 0 Å². The molecule has 0 saturated carbocycles. The number of hydrogen-bond acceptors (Lipinski definition) is 4. The highest BCUT2D eigenvalue weighted by Gasteiger charge is 2.07. The number of nitrogens with zero attached hydrogens (tertiary/aromatic N) is 2. The van der Waals surface area contributed by atoms with Gasteiger partial charge in [-0.15, -0.1) is 11.3 Å². The van der Waals surface area contributed by atoms with Crippen LogP contribution in [0.3, 0.4) is 0 Å². The van der Waals surface area contributed by atoms with Gasteiger partial charge in [0.15, 0.2) is 0 Å². The largest absolute Gasteiger partial charge is 0.304 e. The number of nitrogens with one attached hydrogen (secondary N) is 1. The predicted octanol–water partition coefficient (Wildman–Crippen LogP) is 4.02. The highest BCUT2D eigenvalue weighted by molar-refractivity contribution is 7.18. The molecule has 4 heteroatoms. The van der Waals surface area contributed by atoms with Gasteiger partial charge in [-0.05, 0) is 36.8 Å². The van der Waals surface area contributed by atoms with E-state index in [-0.39, 0.29) is 6.04 Å². The second kappa shape index (κ2) is 6.04. The van der Waals surface area contributed by atoms with Gasteiger partial charge in [0.1, 0.15) is 5.01 Å². The lowest BCUT2D eigenvalue weighted by Crippen LogP contribution is -2.17. The summed E-state index contributed by atoms with van der Waals surface area (Å²) >= 11 is 1.72. The van der Waals surface area contributed by atoms with E-state index in [0.29, 0.717) is 5.56 Å². The molecule has 1 unspecified atom stereocenters. The minimum atomic E-state index is 0.227. The van der Waals surface area contributed by atoms with Crippen molar-refractivity contribution in [2.24, 2.45) is 0 Å². The van der Waals surface area contributed by atoms with Crippen molar-refractivity contribution < 1.29 is 0 Å². The molecule has 0 aliphatic rings. The number of nitriles is 1. The molecule has 3 aromatic rings. The van der Waals surface area contributed by atoms with Crippen molar-refractivity contribution in [2.75, 3.05) is 0 Å². The molecule has 21 heavy (non-hydrogen) atoms. The van der Waals surface area contributed by atoms with Crippen LogP contribution in [-0.4, -0.2) is 4.98 Å². The molecule has 104 valence electrons. The second-order valence-corrected chi connectivity index (χ2v) is 6.03. The first-order valence-corrected chi connectivity index (χ1v) is 7.66. The first kappa shape index (κ1) is 13.7. The van der Waals surface area contributed by atoms with Gasteiger partial charge in [0.2, 0.25) is 0 Å². The standard InChI is InChI=1S/C17H15N3S/c1-12(14-8-6-13(10-18)7-9-14)19-11-17-20-15-4-2-3-5-16(15)21-17/h2-9,12,19H,11H2,1H3. The Bertz CT molecular complexity index is 751. The fourth-order valence-electron chi connectivity index (χ4n) is 2.20. The van der Waals surface area contributed by atoms with E-state index in [2.05, 4.69) is 29.4 Å². The molecule has 1 N–H and O–H groups in total. The lowest BCUT2D eigenvalue weighted by atomic mass is 10.1. The molecule has 1 aromatic heterocycles. The minimum absolute atomic E-state index is 0.227. The number of hydrogen-bond donors (Lipinski definition) is 1. The smallest absolute Gasteiger partial charge is 0.108 e. The molecule has 0 amide bonds. The Labute approximate surface area is 127 Å². The van der Waals surface area contributed by atoms with Crippen LogP contribution in [0.25, 0.3) is 10.2 Å². The Kier molecular flexibility index (Phi) is 3.96. The maximum Gasteiger partial charge on any atom is 0.108 e. The van der Waals surface area contributed by atoms with E-state index in [9.17, 15) is 0 Å². The van der Waals surface area contributed by atoms with Crippen molar-refractivity contribution >= 4 is 21.6 Å². The predicted molar refractivity (Wildman–Crippen MR) is 86.0 cm³/mol. The highest BCUT2D eigenvalue weighted by Crippen LogP contribution is 2.22. The van der Waals surface area contributed by atoms with Crippen LogP contribution in [0.15, 0.2) is 48.5 Å². The van der Waals surface area contributed by atoms with Crippen molar-refractivity contribution in [1.82, 2.24) is 10.3 Å². The molecule has 0 fully saturated rings. The zero-order chi connectivity index (χ0) is 14.7. The third kappa shape index (κ3) is 3.10. The highest BCUT2D eigenvalue weighted by atomic mass is 32.1. The molecule has 2 aromatic carbocycles. The van der Waals surface area contributed by atoms with E-state index in [4.69, 9.17) is 5.26 Å². The Morgan fingerprint density at radius 3 is 2.67 bits per heavy atom. The monoisotopic (exact) mass is 293 g/mol. The molecule has 0 saturated heterocycles. The third-order valence-electron chi connectivity index (χ3n) is 3.44. The summed E-state index contributed by atoms with van der Waals surface area (Å²) in [6.07, 6.45) is 0. The molecule has 1 atom stereocenters. The number of para-hydroxylation sites is 1. The average molecular weight is 293 g/mol. The van der Waals surface area contributed by atoms with Gasteiger partial charge in [-0.1, -0.05) is 24.3 Å². The van der Waals surface area contributed by atoms with Crippen LogP contribution in [0.5, 0.6) is 0 Å². The van der Waals surface area contributed by atoms with Crippen molar-refractivity contribution in [2.45, 2.75) is 19.5 Å². The SMILES string of the molecule is CC(NCc1nc2ccccc2s1)c1ccc(C#N)cc1. The normalized spacial score (nSPS) is 12.2. The van der Waals surface area contributed by atoms with Gasteiger partial charge in [-0.2, -0.15) is 5.26 Å². The Hall–Kier alpha value is -2.22. The van der Waals surface area contributed by atoms with E-state index in [0.717, 1.165) is 17.1 Å². The molecule has 0 bridgehead atoms. The molecule has 1 heterocycles. The van der Waals surface area contributed by atoms with Gasteiger partial charge in [0, 0.05) is 12.6 Å². The van der Waals surface area contributed by atoms with E-state index >= 15 is 0 Å². The number of thiazole rings is 1. The van der Waals surface area contributed by atoms with Crippen LogP contribution >= 0.6 is 11.3 Å². The Balaban J connectivity index is 1.67. The van der Waals surface area contributed by atoms with E-state index < -0.39 is 0 Å². The summed E-state index contributed by atoms with van der Waals surface area (Å²) in [5, 5.41) is 13.4. The lowest BCUT2D eigenvalue weighted by molar-refractivity contribution is 0.573. The van der Waals surface area contributed by atoms with Crippen LogP contribution < -0.4 is 5.32 Å². The van der Waals surface area contributed by atoms with E-state index in [1.54, 1.807) is 11.3 Å². The van der Waals surface area contributed by atoms with Crippen molar-refractivity contribution in [3.05, 3.63) is 64.7 Å². The zero-order valence-electron chi connectivity index (χ0n) is 11.7. The topological polar surface area (TPSA) is 48.7 Å². The summed E-state index contributed by atoms with van der Waals surface area (Å²) in [7, 11) is 0. The van der Waals surface area contributed by atoms with Gasteiger partial charge < -0.3 is 5.32 Å². The summed E-state index contributed by atoms with van der Waals surface area (Å²) in [4.78, 5) is 4.62. The summed E-state index contributed by atoms with van der Waals surface area (Å²) in [5.74, 6) is 0. The molecule has 0 aliphatic carbocycles. The molecule has 3 nitrogen and oxygen atoms in total. The minimum Gasteiger partial charge on any atom is -0.304 e. The first-order valence-electron chi connectivity index (χ1n) is 6.84. The quantitative estimate of drug-likeness (QED) is 0.790. The van der Waals surface area contributed by atoms with E-state index in [1.165, 1.54) is 10.3 Å². The number of aromatic nitrogens is 1. The molecule has 3 rings (SSSR count). The molecule has 0 radical (unpaired) electrons. The fraction of sp³-hybridized carbons (Fsp3) is 0.176. The summed E-state index contributed by atoms with van der Waals surface area (Å²) in [5.41, 5.74) is 2.93. The van der Waals surface area contributed by atoms with Crippen LogP contribution in [0.2, 0.25) is 0 Å². The maximum atomic E-state index is 8.82. The van der Waals surface area contributed by atoms with Gasteiger partial charge in [-0.3, -0.25) is 0 Å². The lowest BCUT2D eigenvalue weighted by Gasteiger charge is -2.13. The average Bonchev–Trinajstić information content (AvgIpc) is 2.95.